The van der Waals surface area contributed by atoms with E-state index in [4.69, 9.17) is 18.9 Å². The lowest BCUT2D eigenvalue weighted by molar-refractivity contribution is -0.166. The minimum absolute atomic E-state index is 0.0417. The van der Waals surface area contributed by atoms with Gasteiger partial charge in [0.15, 0.2) is 5.79 Å². The molecule has 6 nitrogen and oxygen atoms in total. The minimum Gasteiger partial charge on any atom is -0.456 e. The summed E-state index contributed by atoms with van der Waals surface area (Å²) in [6.07, 6.45) is 14.0. The van der Waals surface area contributed by atoms with Crippen molar-refractivity contribution in [3.63, 3.8) is 0 Å². The predicted molar refractivity (Wildman–Crippen MR) is 123 cm³/mol. The van der Waals surface area contributed by atoms with Crippen LogP contribution in [-0.4, -0.2) is 54.0 Å². The number of esters is 1. The Bertz CT molecular complexity index is 737. The van der Waals surface area contributed by atoms with E-state index in [1.807, 2.05) is 19.9 Å². The Morgan fingerprint density at radius 3 is 2.59 bits per heavy atom. The SMILES string of the molecule is C=C1CC(O)/C=C\CC(C2COC(C)(C)O2)OC(=O)/C=C\CC2C=CCC(CC(C)C1)O2. The molecule has 0 radical (unpaired) electrons. The molecule has 3 aliphatic rings. The molecular weight excluding hydrogens is 408 g/mol. The molecule has 2 bridgehead atoms. The Kier molecular flexibility index (Phi) is 8.88. The summed E-state index contributed by atoms with van der Waals surface area (Å²) in [5.41, 5.74) is 1.03. The number of carbonyl (C=O) groups is 1. The van der Waals surface area contributed by atoms with E-state index in [0.717, 1.165) is 24.8 Å². The van der Waals surface area contributed by atoms with Gasteiger partial charge >= 0.3 is 5.97 Å². The number of hydrogen-bond donors (Lipinski definition) is 1. The second-order valence-corrected chi connectivity index (χ2v) is 9.67. The molecule has 32 heavy (non-hydrogen) atoms. The van der Waals surface area contributed by atoms with Crippen LogP contribution in [0.4, 0.5) is 0 Å². The van der Waals surface area contributed by atoms with E-state index >= 15 is 0 Å². The van der Waals surface area contributed by atoms with E-state index in [-0.39, 0.29) is 18.3 Å². The number of aliphatic hydroxyl groups is 1. The third kappa shape index (κ3) is 8.00. The quantitative estimate of drug-likeness (QED) is 0.476. The van der Waals surface area contributed by atoms with Crippen molar-refractivity contribution in [2.75, 3.05) is 6.61 Å². The second kappa shape index (κ2) is 11.4. The van der Waals surface area contributed by atoms with E-state index in [1.165, 1.54) is 6.08 Å². The number of rotatable bonds is 1. The molecule has 1 saturated heterocycles. The van der Waals surface area contributed by atoms with E-state index in [1.54, 1.807) is 12.2 Å². The van der Waals surface area contributed by atoms with Crippen LogP contribution >= 0.6 is 0 Å². The monoisotopic (exact) mass is 446 g/mol. The fourth-order valence-corrected chi connectivity index (χ4v) is 4.52. The zero-order valence-corrected chi connectivity index (χ0v) is 19.6. The second-order valence-electron chi connectivity index (χ2n) is 9.67. The van der Waals surface area contributed by atoms with Gasteiger partial charge in [-0.15, -0.1) is 0 Å². The summed E-state index contributed by atoms with van der Waals surface area (Å²) in [4.78, 5) is 12.5. The van der Waals surface area contributed by atoms with E-state index < -0.39 is 24.0 Å². The molecule has 0 saturated carbocycles. The van der Waals surface area contributed by atoms with Crippen LogP contribution in [0.3, 0.4) is 0 Å². The molecule has 178 valence electrons. The van der Waals surface area contributed by atoms with Crippen LogP contribution in [-0.2, 0) is 23.7 Å². The standard InChI is InChI=1S/C26H38O6/c1-18-14-19(2)16-22-11-6-9-21(30-22)10-7-13-25(28)31-23(12-5-8-20(27)15-18)24-17-29-26(3,4)32-24/h5-9,13,19-24,27H,1,10-12,14-17H2,2-4H3/b8-5-,13-7-. The first-order valence-corrected chi connectivity index (χ1v) is 11.7. The predicted octanol–water partition coefficient (Wildman–Crippen LogP) is 4.39. The molecule has 0 amide bonds. The van der Waals surface area contributed by atoms with Crippen LogP contribution in [0.15, 0.2) is 48.6 Å². The van der Waals surface area contributed by atoms with Crippen LogP contribution in [0, 0.1) is 5.92 Å². The average Bonchev–Trinajstić information content (AvgIpc) is 3.06. The van der Waals surface area contributed by atoms with Crippen LogP contribution in [0.1, 0.15) is 59.3 Å². The first-order valence-electron chi connectivity index (χ1n) is 11.7. The van der Waals surface area contributed by atoms with Crippen LogP contribution < -0.4 is 0 Å². The van der Waals surface area contributed by atoms with Gasteiger partial charge in [-0.2, -0.15) is 0 Å². The molecule has 0 aromatic rings. The van der Waals surface area contributed by atoms with Gasteiger partial charge in [-0.05, 0) is 51.9 Å². The zero-order chi connectivity index (χ0) is 23.1. The molecule has 0 aromatic carbocycles. The molecule has 0 aromatic heterocycles. The summed E-state index contributed by atoms with van der Waals surface area (Å²) in [6, 6.07) is 0. The van der Waals surface area contributed by atoms with Crippen molar-refractivity contribution in [2.45, 2.75) is 95.6 Å². The zero-order valence-electron chi connectivity index (χ0n) is 19.6. The van der Waals surface area contributed by atoms with Crippen molar-refractivity contribution >= 4 is 5.97 Å². The Morgan fingerprint density at radius 2 is 1.84 bits per heavy atom. The molecule has 6 heteroatoms. The maximum absolute atomic E-state index is 12.5. The van der Waals surface area contributed by atoms with Gasteiger partial charge in [0, 0.05) is 12.5 Å². The van der Waals surface area contributed by atoms with Crippen molar-refractivity contribution in [3.8, 4) is 0 Å². The topological polar surface area (TPSA) is 74.2 Å². The van der Waals surface area contributed by atoms with Gasteiger partial charge in [-0.1, -0.05) is 49.5 Å². The lowest BCUT2D eigenvalue weighted by Crippen LogP contribution is -2.34. The van der Waals surface area contributed by atoms with Crippen molar-refractivity contribution in [3.05, 3.63) is 48.6 Å². The highest BCUT2D eigenvalue weighted by Crippen LogP contribution is 2.28. The first-order chi connectivity index (χ1) is 15.2. The highest BCUT2D eigenvalue weighted by atomic mass is 16.8. The van der Waals surface area contributed by atoms with Crippen molar-refractivity contribution in [1.29, 1.82) is 0 Å². The number of carbonyl (C=O) groups excluding carboxylic acids is 1. The van der Waals surface area contributed by atoms with Gasteiger partial charge in [-0.3, -0.25) is 0 Å². The maximum Gasteiger partial charge on any atom is 0.330 e. The maximum atomic E-state index is 12.5. The van der Waals surface area contributed by atoms with Gasteiger partial charge in [0.1, 0.15) is 12.2 Å². The lowest BCUT2D eigenvalue weighted by Gasteiger charge is -2.28. The molecular formula is C26H38O6. The number of fused-ring (bicyclic) bond motifs is 2. The number of cyclic esters (lactones) is 1. The summed E-state index contributed by atoms with van der Waals surface area (Å²) in [5.74, 6) is -0.707. The summed E-state index contributed by atoms with van der Waals surface area (Å²) in [7, 11) is 0. The third-order valence-electron chi connectivity index (χ3n) is 5.98. The Hall–Kier alpha value is -1.73. The minimum atomic E-state index is -0.711. The Balaban J connectivity index is 1.72. The molecule has 0 spiro atoms. The Labute approximate surface area is 191 Å². The summed E-state index contributed by atoms with van der Waals surface area (Å²) in [5, 5.41) is 10.4. The van der Waals surface area contributed by atoms with Crippen LogP contribution in [0.5, 0.6) is 0 Å². The fraction of sp³-hybridized carbons (Fsp3) is 0.654. The van der Waals surface area contributed by atoms with Crippen molar-refractivity contribution < 1.29 is 28.8 Å². The van der Waals surface area contributed by atoms with Crippen molar-refractivity contribution in [2.24, 2.45) is 5.92 Å². The van der Waals surface area contributed by atoms with Crippen LogP contribution in [0.25, 0.3) is 0 Å². The molecule has 6 unspecified atom stereocenters. The fourth-order valence-electron chi connectivity index (χ4n) is 4.52. The van der Waals surface area contributed by atoms with Crippen molar-refractivity contribution in [1.82, 2.24) is 0 Å². The van der Waals surface area contributed by atoms with Gasteiger partial charge in [0.2, 0.25) is 0 Å². The smallest absolute Gasteiger partial charge is 0.330 e. The summed E-state index contributed by atoms with van der Waals surface area (Å²) < 4.78 is 23.5. The molecule has 3 heterocycles. The van der Waals surface area contributed by atoms with Crippen LogP contribution in [0.2, 0.25) is 0 Å². The van der Waals surface area contributed by atoms with E-state index in [0.29, 0.717) is 31.8 Å². The molecule has 1 N–H and O–H groups in total. The largest absolute Gasteiger partial charge is 0.456 e. The number of ether oxygens (including phenoxy) is 4. The Morgan fingerprint density at radius 1 is 1.06 bits per heavy atom. The normalized spacial score (nSPS) is 39.0. The van der Waals surface area contributed by atoms with Gasteiger partial charge in [0.25, 0.3) is 0 Å². The van der Waals surface area contributed by atoms with E-state index in [2.05, 4.69) is 25.7 Å². The number of hydrogen-bond acceptors (Lipinski definition) is 6. The molecule has 0 aliphatic carbocycles. The average molecular weight is 447 g/mol. The summed E-state index contributed by atoms with van der Waals surface area (Å²) >= 11 is 0. The summed E-state index contributed by atoms with van der Waals surface area (Å²) in [6.45, 7) is 10.4. The third-order valence-corrected chi connectivity index (χ3v) is 5.98. The first kappa shape index (κ1) is 24.9. The molecule has 3 aliphatic heterocycles. The molecule has 1 fully saturated rings. The highest BCUT2D eigenvalue weighted by Gasteiger charge is 2.38. The molecule has 6 atom stereocenters. The van der Waals surface area contributed by atoms with Gasteiger partial charge in [0.05, 0.1) is 24.9 Å². The lowest BCUT2D eigenvalue weighted by atomic mass is 9.91. The number of aliphatic hydroxyl groups excluding tert-OH is 1. The molecule has 3 rings (SSSR count). The highest BCUT2D eigenvalue weighted by molar-refractivity contribution is 5.82. The van der Waals surface area contributed by atoms with Gasteiger partial charge < -0.3 is 24.1 Å². The van der Waals surface area contributed by atoms with E-state index in [9.17, 15) is 9.90 Å². The van der Waals surface area contributed by atoms with Gasteiger partial charge in [-0.25, -0.2) is 4.79 Å².